The Kier molecular flexibility index (Phi) is 5.73. The second kappa shape index (κ2) is 7.99. The van der Waals surface area contributed by atoms with Gasteiger partial charge in [0, 0.05) is 15.8 Å². The summed E-state index contributed by atoms with van der Waals surface area (Å²) < 4.78 is 6.39. The SMILES string of the molecule is O=C(CCc1ccccc1Br)NCC(O)(c1ccco1)c1cccs1. The first kappa shape index (κ1) is 17.9. The van der Waals surface area contributed by atoms with Gasteiger partial charge < -0.3 is 14.8 Å². The Labute approximate surface area is 158 Å². The molecule has 0 spiro atoms. The molecule has 2 heterocycles. The van der Waals surface area contributed by atoms with E-state index in [4.69, 9.17) is 4.42 Å². The smallest absolute Gasteiger partial charge is 0.220 e. The lowest BCUT2D eigenvalue weighted by atomic mass is 9.98. The summed E-state index contributed by atoms with van der Waals surface area (Å²) in [6.45, 7) is 0.0653. The van der Waals surface area contributed by atoms with Crippen LogP contribution in [0.1, 0.15) is 22.6 Å². The third-order valence-corrected chi connectivity index (χ3v) is 5.77. The van der Waals surface area contributed by atoms with Crippen LogP contribution in [-0.4, -0.2) is 17.6 Å². The molecule has 2 N–H and O–H groups in total. The minimum Gasteiger partial charge on any atom is -0.466 e. The van der Waals surface area contributed by atoms with E-state index in [2.05, 4.69) is 21.2 Å². The van der Waals surface area contributed by atoms with Crippen LogP contribution in [0.3, 0.4) is 0 Å². The van der Waals surface area contributed by atoms with E-state index in [9.17, 15) is 9.90 Å². The van der Waals surface area contributed by atoms with Gasteiger partial charge in [-0.15, -0.1) is 11.3 Å². The fraction of sp³-hybridized carbons (Fsp3) is 0.211. The van der Waals surface area contributed by atoms with E-state index in [1.54, 1.807) is 12.1 Å². The van der Waals surface area contributed by atoms with Gasteiger partial charge in [0.05, 0.1) is 12.8 Å². The minimum atomic E-state index is -1.36. The number of furan rings is 1. The summed E-state index contributed by atoms with van der Waals surface area (Å²) in [5.41, 5.74) is -0.280. The number of carbonyl (C=O) groups is 1. The summed E-state index contributed by atoms with van der Waals surface area (Å²) in [5, 5.41) is 15.8. The van der Waals surface area contributed by atoms with Gasteiger partial charge in [-0.25, -0.2) is 0 Å². The Hall–Kier alpha value is -1.89. The maximum absolute atomic E-state index is 12.2. The van der Waals surface area contributed by atoms with Crippen LogP contribution in [0.4, 0.5) is 0 Å². The molecule has 0 radical (unpaired) electrons. The minimum absolute atomic E-state index is 0.0653. The Morgan fingerprint density at radius 1 is 1.20 bits per heavy atom. The number of rotatable bonds is 7. The van der Waals surface area contributed by atoms with Crippen LogP contribution in [0.5, 0.6) is 0 Å². The number of hydrogen-bond acceptors (Lipinski definition) is 4. The Morgan fingerprint density at radius 2 is 2.04 bits per heavy atom. The highest BCUT2D eigenvalue weighted by Gasteiger charge is 2.36. The van der Waals surface area contributed by atoms with Crippen LogP contribution in [0.25, 0.3) is 0 Å². The standard InChI is InChI=1S/C19H18BrNO3S/c20-15-6-2-1-5-14(15)9-10-18(22)21-13-19(23,16-7-3-11-24-16)17-8-4-12-25-17/h1-8,11-12,23H,9-10,13H2,(H,21,22). The molecule has 25 heavy (non-hydrogen) atoms. The molecule has 0 bridgehead atoms. The lowest BCUT2D eigenvalue weighted by Gasteiger charge is -2.25. The zero-order chi connectivity index (χ0) is 17.7. The van der Waals surface area contributed by atoms with Crippen molar-refractivity contribution >= 4 is 33.2 Å². The summed E-state index contributed by atoms with van der Waals surface area (Å²) in [5.74, 6) is 0.304. The van der Waals surface area contributed by atoms with E-state index in [1.165, 1.54) is 17.6 Å². The molecular formula is C19H18BrNO3S. The summed E-state index contributed by atoms with van der Waals surface area (Å²) in [4.78, 5) is 13.0. The van der Waals surface area contributed by atoms with Crippen LogP contribution in [0.15, 0.2) is 69.1 Å². The highest BCUT2D eigenvalue weighted by Crippen LogP contribution is 2.32. The Morgan fingerprint density at radius 3 is 2.72 bits per heavy atom. The summed E-state index contributed by atoms with van der Waals surface area (Å²) in [7, 11) is 0. The van der Waals surface area contributed by atoms with Crippen molar-refractivity contribution in [3.05, 3.63) is 80.8 Å². The second-order valence-corrected chi connectivity index (χ2v) is 7.49. The number of aryl methyl sites for hydroxylation is 1. The van der Waals surface area contributed by atoms with Crippen molar-refractivity contribution in [3.63, 3.8) is 0 Å². The van der Waals surface area contributed by atoms with Crippen molar-refractivity contribution in [1.82, 2.24) is 5.32 Å². The monoisotopic (exact) mass is 419 g/mol. The van der Waals surface area contributed by atoms with Gasteiger partial charge >= 0.3 is 0 Å². The molecule has 0 aliphatic heterocycles. The summed E-state index contributed by atoms with van der Waals surface area (Å²) in [6.07, 6.45) is 2.50. The number of carbonyl (C=O) groups excluding carboxylic acids is 1. The van der Waals surface area contributed by atoms with Crippen LogP contribution in [-0.2, 0) is 16.8 Å². The molecule has 0 fully saturated rings. The van der Waals surface area contributed by atoms with E-state index < -0.39 is 5.60 Å². The average Bonchev–Trinajstić information content (AvgIpc) is 3.32. The number of hydrogen-bond donors (Lipinski definition) is 2. The van der Waals surface area contributed by atoms with Crippen LogP contribution >= 0.6 is 27.3 Å². The first-order valence-electron chi connectivity index (χ1n) is 7.90. The molecule has 1 atom stereocenters. The lowest BCUT2D eigenvalue weighted by Crippen LogP contribution is -2.41. The average molecular weight is 420 g/mol. The third-order valence-electron chi connectivity index (χ3n) is 3.98. The van der Waals surface area contributed by atoms with Crippen molar-refractivity contribution in [2.45, 2.75) is 18.4 Å². The molecule has 0 saturated carbocycles. The second-order valence-electron chi connectivity index (χ2n) is 5.68. The highest BCUT2D eigenvalue weighted by atomic mass is 79.9. The van der Waals surface area contributed by atoms with Crippen molar-refractivity contribution < 1.29 is 14.3 Å². The van der Waals surface area contributed by atoms with E-state index in [1.807, 2.05) is 41.8 Å². The molecule has 0 saturated heterocycles. The van der Waals surface area contributed by atoms with Gasteiger partial charge in [0.25, 0.3) is 0 Å². The predicted molar refractivity (Wildman–Crippen MR) is 101 cm³/mol. The van der Waals surface area contributed by atoms with Gasteiger partial charge in [-0.05, 0) is 41.6 Å². The van der Waals surface area contributed by atoms with Crippen molar-refractivity contribution in [2.24, 2.45) is 0 Å². The lowest BCUT2D eigenvalue weighted by molar-refractivity contribution is -0.122. The zero-order valence-corrected chi connectivity index (χ0v) is 15.8. The number of aliphatic hydroxyl groups is 1. The van der Waals surface area contributed by atoms with Crippen molar-refractivity contribution in [2.75, 3.05) is 6.54 Å². The molecule has 130 valence electrons. The van der Waals surface area contributed by atoms with E-state index >= 15 is 0 Å². The molecule has 6 heteroatoms. The molecular weight excluding hydrogens is 402 g/mol. The van der Waals surface area contributed by atoms with Crippen LogP contribution in [0, 0.1) is 0 Å². The topological polar surface area (TPSA) is 62.5 Å². The van der Waals surface area contributed by atoms with Crippen molar-refractivity contribution in [1.29, 1.82) is 0 Å². The van der Waals surface area contributed by atoms with E-state index in [-0.39, 0.29) is 12.5 Å². The van der Waals surface area contributed by atoms with Crippen LogP contribution < -0.4 is 5.32 Å². The fourth-order valence-corrected chi connectivity index (χ4v) is 3.90. The first-order valence-corrected chi connectivity index (χ1v) is 9.57. The molecule has 0 aliphatic carbocycles. The van der Waals surface area contributed by atoms with Gasteiger partial charge in [0.2, 0.25) is 5.91 Å². The highest BCUT2D eigenvalue weighted by molar-refractivity contribution is 9.10. The Balaban J connectivity index is 1.64. The van der Waals surface area contributed by atoms with Gasteiger partial charge in [0.15, 0.2) is 5.60 Å². The fourth-order valence-electron chi connectivity index (χ4n) is 2.59. The number of benzene rings is 1. The predicted octanol–water partition coefficient (Wildman–Crippen LogP) is 4.09. The maximum Gasteiger partial charge on any atom is 0.220 e. The maximum atomic E-state index is 12.2. The molecule has 3 rings (SSSR count). The summed E-state index contributed by atoms with van der Waals surface area (Å²) >= 11 is 4.91. The molecule has 2 aromatic heterocycles. The van der Waals surface area contributed by atoms with Crippen LogP contribution in [0.2, 0.25) is 0 Å². The number of nitrogens with one attached hydrogen (secondary N) is 1. The Bertz CT molecular complexity index is 781. The quantitative estimate of drug-likeness (QED) is 0.605. The number of thiophene rings is 1. The van der Waals surface area contributed by atoms with E-state index in [0.717, 1.165) is 14.9 Å². The van der Waals surface area contributed by atoms with Gasteiger partial charge in [-0.2, -0.15) is 0 Å². The molecule has 1 amide bonds. The van der Waals surface area contributed by atoms with E-state index in [0.29, 0.717) is 18.6 Å². The van der Waals surface area contributed by atoms with Gasteiger partial charge in [-0.1, -0.05) is 40.2 Å². The first-order chi connectivity index (χ1) is 12.1. The number of halogens is 1. The number of amides is 1. The molecule has 0 aliphatic rings. The molecule has 1 aromatic carbocycles. The molecule has 3 aromatic rings. The van der Waals surface area contributed by atoms with Gasteiger partial charge in [-0.3, -0.25) is 4.79 Å². The third kappa shape index (κ3) is 4.21. The normalized spacial score (nSPS) is 13.4. The summed E-state index contributed by atoms with van der Waals surface area (Å²) in [6, 6.07) is 15.0. The van der Waals surface area contributed by atoms with Gasteiger partial charge in [0.1, 0.15) is 5.76 Å². The molecule has 1 unspecified atom stereocenters. The zero-order valence-electron chi connectivity index (χ0n) is 13.4. The largest absolute Gasteiger partial charge is 0.466 e. The molecule has 4 nitrogen and oxygen atoms in total. The van der Waals surface area contributed by atoms with Crippen molar-refractivity contribution in [3.8, 4) is 0 Å².